The second-order valence-electron chi connectivity index (χ2n) is 12.2. The number of carboxylic acids is 1. The molecule has 232 valence electrons. The van der Waals surface area contributed by atoms with Gasteiger partial charge in [-0.25, -0.2) is 14.8 Å². The van der Waals surface area contributed by atoms with Crippen molar-refractivity contribution in [1.29, 1.82) is 0 Å². The van der Waals surface area contributed by atoms with Gasteiger partial charge >= 0.3 is 5.97 Å². The van der Waals surface area contributed by atoms with E-state index in [-0.39, 0.29) is 22.8 Å². The van der Waals surface area contributed by atoms with Gasteiger partial charge in [-0.3, -0.25) is 0 Å². The first-order valence-electron chi connectivity index (χ1n) is 15.3. The smallest absolute Gasteiger partial charge is 0.335 e. The number of aryl methyl sites for hydroxylation is 1. The number of aliphatic hydroxyl groups is 1. The van der Waals surface area contributed by atoms with Crippen molar-refractivity contribution in [2.75, 3.05) is 30.3 Å². The van der Waals surface area contributed by atoms with E-state index in [9.17, 15) is 15.0 Å². The van der Waals surface area contributed by atoms with E-state index in [1.54, 1.807) is 42.4 Å². The second kappa shape index (κ2) is 13.8. The van der Waals surface area contributed by atoms with E-state index in [1.165, 1.54) is 11.1 Å². The molecule has 4 atom stereocenters. The zero-order chi connectivity index (χ0) is 30.7. The Morgan fingerprint density at radius 3 is 2.84 bits per heavy atom. The number of aromatic carboxylic acids is 1. The lowest BCUT2D eigenvalue weighted by molar-refractivity contribution is 0.0455. The first kappa shape index (κ1) is 31.4. The molecule has 3 aromatic rings. The normalized spacial score (nSPS) is 23.6. The van der Waals surface area contributed by atoms with Crippen LogP contribution in [-0.2, 0) is 11.8 Å². The van der Waals surface area contributed by atoms with Gasteiger partial charge in [0.1, 0.15) is 5.75 Å². The third-order valence-corrected chi connectivity index (χ3v) is 11.2. The number of benzene rings is 2. The molecule has 2 aliphatic carbocycles. The molecule has 1 fully saturated rings. The SMILES string of the molecule is O=C(O)c1ccc2c(c1)N(C[C@@H]1CC[C@H]1[C@H](O)/C=C(\Br)CCCSc1ncccn1)CC1(CCCc3cc(Cl)ccc31)CO2. The number of anilines is 1. The quantitative estimate of drug-likeness (QED) is 0.127. The van der Waals surface area contributed by atoms with Crippen molar-refractivity contribution in [3.63, 3.8) is 0 Å². The van der Waals surface area contributed by atoms with Gasteiger partial charge in [0.15, 0.2) is 5.16 Å². The molecule has 10 heteroatoms. The monoisotopic (exact) mass is 697 g/mol. The fourth-order valence-corrected chi connectivity index (χ4v) is 8.45. The third kappa shape index (κ3) is 6.96. The van der Waals surface area contributed by atoms with Crippen LogP contribution in [0, 0.1) is 11.8 Å². The number of allylic oxidation sites excluding steroid dienone is 1. The summed E-state index contributed by atoms with van der Waals surface area (Å²) in [7, 11) is 0. The molecule has 1 aromatic heterocycles. The fraction of sp³-hybridized carbons (Fsp3) is 0.441. The van der Waals surface area contributed by atoms with Gasteiger partial charge < -0.3 is 19.8 Å². The maximum Gasteiger partial charge on any atom is 0.335 e. The number of aliphatic hydroxyl groups excluding tert-OH is 1. The number of carboxylic acid groups (broad SMARTS) is 1. The van der Waals surface area contributed by atoms with Crippen LogP contribution in [0.15, 0.2) is 70.6 Å². The van der Waals surface area contributed by atoms with Crippen molar-refractivity contribution >= 4 is 50.9 Å². The zero-order valence-electron chi connectivity index (χ0n) is 24.5. The number of rotatable bonds is 10. The summed E-state index contributed by atoms with van der Waals surface area (Å²) in [5.74, 6) is 1.08. The maximum absolute atomic E-state index is 11.9. The molecule has 0 amide bonds. The summed E-state index contributed by atoms with van der Waals surface area (Å²) < 4.78 is 7.50. The Morgan fingerprint density at radius 2 is 2.07 bits per heavy atom. The summed E-state index contributed by atoms with van der Waals surface area (Å²) >= 11 is 11.7. The maximum atomic E-state index is 11.9. The van der Waals surface area contributed by atoms with E-state index in [2.05, 4.69) is 42.9 Å². The third-order valence-electron chi connectivity index (χ3n) is 9.34. The van der Waals surface area contributed by atoms with Gasteiger partial charge in [0.2, 0.25) is 0 Å². The predicted molar refractivity (Wildman–Crippen MR) is 178 cm³/mol. The first-order valence-corrected chi connectivity index (χ1v) is 17.4. The number of hydrogen-bond acceptors (Lipinski definition) is 7. The number of halogens is 2. The summed E-state index contributed by atoms with van der Waals surface area (Å²) in [5.41, 5.74) is 3.38. The van der Waals surface area contributed by atoms with Crippen LogP contribution in [0.25, 0.3) is 0 Å². The second-order valence-corrected chi connectivity index (χ2v) is 14.7. The van der Waals surface area contributed by atoms with Crippen LogP contribution in [0.4, 0.5) is 5.69 Å². The molecular weight excluding hydrogens is 662 g/mol. The van der Waals surface area contributed by atoms with Gasteiger partial charge in [0.25, 0.3) is 0 Å². The number of carbonyl (C=O) groups is 1. The topological polar surface area (TPSA) is 95.8 Å². The molecule has 3 aliphatic rings. The van der Waals surface area contributed by atoms with Crippen molar-refractivity contribution in [3.8, 4) is 5.75 Å². The largest absolute Gasteiger partial charge is 0.490 e. The van der Waals surface area contributed by atoms with E-state index in [0.29, 0.717) is 12.4 Å². The van der Waals surface area contributed by atoms with E-state index in [0.717, 1.165) is 84.1 Å². The Hall–Kier alpha value is -2.59. The molecule has 6 rings (SSSR count). The van der Waals surface area contributed by atoms with Crippen molar-refractivity contribution in [2.45, 2.75) is 61.6 Å². The van der Waals surface area contributed by atoms with E-state index < -0.39 is 12.1 Å². The van der Waals surface area contributed by atoms with Crippen LogP contribution in [0.5, 0.6) is 5.75 Å². The number of fused-ring (bicyclic) bond motifs is 3. The van der Waals surface area contributed by atoms with Crippen molar-refractivity contribution < 1.29 is 19.7 Å². The Bertz CT molecular complexity index is 1530. The standard InChI is InChI=1S/C34H37BrClN3O4S/c35-25(5-2-15-44-33-37-13-3-14-38-33)18-30(40)27-9-6-24(27)19-39-20-34(12-1-4-22-16-26(36)8-10-28(22)34)21-43-31-11-7-23(32(41)42)17-29(31)39/h3,7-8,10-11,13-14,16-18,24,27,30,40H,1-2,4-6,9,12,15,19-21H2,(H,41,42)/b25-18-/t24-,27+,30+,34?/m0/s1. The molecule has 1 spiro atoms. The lowest BCUT2D eigenvalue weighted by Gasteiger charge is -2.45. The van der Waals surface area contributed by atoms with Crippen LogP contribution in [-0.4, -0.2) is 57.7 Å². The number of thioether (sulfide) groups is 1. The number of aromatic nitrogens is 2. The molecule has 0 saturated heterocycles. The Kier molecular flexibility index (Phi) is 9.86. The van der Waals surface area contributed by atoms with Crippen molar-refractivity contribution in [1.82, 2.24) is 9.97 Å². The first-order chi connectivity index (χ1) is 21.3. The molecule has 1 aliphatic heterocycles. The molecule has 0 bridgehead atoms. The molecule has 7 nitrogen and oxygen atoms in total. The Labute approximate surface area is 276 Å². The van der Waals surface area contributed by atoms with Gasteiger partial charge in [-0.15, -0.1) is 0 Å². The fourth-order valence-electron chi connectivity index (χ4n) is 6.96. The van der Waals surface area contributed by atoms with E-state index in [4.69, 9.17) is 16.3 Å². The molecule has 0 radical (unpaired) electrons. The van der Waals surface area contributed by atoms with Crippen LogP contribution in [0.2, 0.25) is 5.02 Å². The zero-order valence-corrected chi connectivity index (χ0v) is 27.7. The molecule has 2 heterocycles. The average Bonchev–Trinajstić information content (AvgIpc) is 3.14. The van der Waals surface area contributed by atoms with Crippen LogP contribution < -0.4 is 9.64 Å². The summed E-state index contributed by atoms with van der Waals surface area (Å²) in [6.07, 6.45) is 11.7. The van der Waals surface area contributed by atoms with Gasteiger partial charge in [-0.05, 0) is 115 Å². The minimum absolute atomic E-state index is 0.137. The summed E-state index contributed by atoms with van der Waals surface area (Å²) in [6.45, 7) is 1.98. The predicted octanol–water partition coefficient (Wildman–Crippen LogP) is 7.54. The highest BCUT2D eigenvalue weighted by atomic mass is 79.9. The minimum Gasteiger partial charge on any atom is -0.490 e. The van der Waals surface area contributed by atoms with Crippen LogP contribution in [0.1, 0.15) is 60.0 Å². The lowest BCUT2D eigenvalue weighted by atomic mass is 9.68. The van der Waals surface area contributed by atoms with Gasteiger partial charge in [0, 0.05) is 41.7 Å². The highest BCUT2D eigenvalue weighted by Gasteiger charge is 2.44. The highest BCUT2D eigenvalue weighted by Crippen LogP contribution is 2.46. The highest BCUT2D eigenvalue weighted by molar-refractivity contribution is 9.11. The van der Waals surface area contributed by atoms with Gasteiger partial charge in [0.05, 0.1) is 24.0 Å². The van der Waals surface area contributed by atoms with Crippen LogP contribution >= 0.6 is 39.3 Å². The van der Waals surface area contributed by atoms with E-state index >= 15 is 0 Å². The summed E-state index contributed by atoms with van der Waals surface area (Å²) in [5, 5.41) is 22.6. The average molecular weight is 699 g/mol. The molecule has 1 saturated carbocycles. The van der Waals surface area contributed by atoms with Gasteiger partial charge in [-0.2, -0.15) is 0 Å². The summed E-state index contributed by atoms with van der Waals surface area (Å²) in [6, 6.07) is 13.2. The van der Waals surface area contributed by atoms with Crippen molar-refractivity contribution in [3.05, 3.63) is 87.1 Å². The molecular formula is C34H37BrClN3O4S. The van der Waals surface area contributed by atoms with E-state index in [1.807, 2.05) is 18.2 Å². The molecule has 44 heavy (non-hydrogen) atoms. The molecule has 2 aromatic carbocycles. The lowest BCUT2D eigenvalue weighted by Crippen LogP contribution is -2.49. The molecule has 2 N–H and O–H groups in total. The molecule has 1 unspecified atom stereocenters. The van der Waals surface area contributed by atoms with Crippen LogP contribution in [0.3, 0.4) is 0 Å². The number of ether oxygens (including phenoxy) is 1. The summed E-state index contributed by atoms with van der Waals surface area (Å²) in [4.78, 5) is 22.8. The Morgan fingerprint density at radius 1 is 1.23 bits per heavy atom. The van der Waals surface area contributed by atoms with Crippen molar-refractivity contribution in [2.24, 2.45) is 11.8 Å². The van der Waals surface area contributed by atoms with Gasteiger partial charge in [-0.1, -0.05) is 45.4 Å². The minimum atomic E-state index is -0.953. The number of hydrogen-bond donors (Lipinski definition) is 2. The number of nitrogens with zero attached hydrogens (tertiary/aromatic N) is 3. The Balaban J connectivity index is 1.18.